The van der Waals surface area contributed by atoms with Gasteiger partial charge in [-0.25, -0.2) is 4.84 Å². The first-order valence-corrected chi connectivity index (χ1v) is 10.3. The molecule has 0 spiro atoms. The van der Waals surface area contributed by atoms with Crippen LogP contribution in [0.25, 0.3) is 0 Å². The van der Waals surface area contributed by atoms with Crippen molar-refractivity contribution in [2.24, 2.45) is 11.5 Å². The number of nitrogens with zero attached hydrogens (tertiary/aromatic N) is 1. The summed E-state index contributed by atoms with van der Waals surface area (Å²) < 4.78 is 0. The van der Waals surface area contributed by atoms with Crippen LogP contribution in [0.1, 0.15) is 23.2 Å². The van der Waals surface area contributed by atoms with Gasteiger partial charge in [0.05, 0.1) is 9.80 Å². The molecule has 0 aromatic heterocycles. The zero-order valence-corrected chi connectivity index (χ0v) is 18.3. The van der Waals surface area contributed by atoms with Gasteiger partial charge in [-0.2, -0.15) is 0 Å². The van der Waals surface area contributed by atoms with Crippen LogP contribution in [0.2, 0.25) is 0 Å². The van der Waals surface area contributed by atoms with Gasteiger partial charge in [0.15, 0.2) is 7.11 Å². The predicted molar refractivity (Wildman–Crippen MR) is 113 cm³/mol. The molecule has 33 heavy (non-hydrogen) atoms. The second-order valence-corrected chi connectivity index (χ2v) is 7.57. The zero-order chi connectivity index (χ0) is 25.1. The fraction of sp³-hybridized carbons (Fsp3) is 0.389. The molecule has 0 saturated carbocycles. The third kappa shape index (κ3) is 9.12. The highest BCUT2D eigenvalue weighted by Gasteiger charge is 2.27. The summed E-state index contributed by atoms with van der Waals surface area (Å²) in [6.45, 7) is -0.698. The number of primary amides is 1. The van der Waals surface area contributed by atoms with Crippen LogP contribution in [0.15, 0.2) is 23.1 Å². The van der Waals surface area contributed by atoms with E-state index in [0.29, 0.717) is 0 Å². The minimum atomic E-state index is -1.31. The highest BCUT2D eigenvalue weighted by molar-refractivity contribution is 7.99. The number of carbonyl (C=O) groups excluding carboxylic acids is 3. The predicted octanol–water partition coefficient (Wildman–Crippen LogP) is -1.27. The molecule has 180 valence electrons. The Bertz CT molecular complexity index is 940. The molecule has 0 bridgehead atoms. The Kier molecular flexibility index (Phi) is 10.7. The maximum atomic E-state index is 12.4. The van der Waals surface area contributed by atoms with Crippen molar-refractivity contribution in [1.29, 1.82) is 0 Å². The van der Waals surface area contributed by atoms with Crippen LogP contribution in [0.5, 0.6) is 0 Å². The Morgan fingerprint density at radius 1 is 1.21 bits per heavy atom. The summed E-state index contributed by atoms with van der Waals surface area (Å²) >= 11 is 0.938. The maximum absolute atomic E-state index is 12.4. The van der Waals surface area contributed by atoms with Crippen LogP contribution in [0, 0.1) is 4.91 Å². The number of carbonyl (C=O) groups is 5. The lowest BCUT2D eigenvalue weighted by Crippen LogP contribution is -2.49. The average Bonchev–Trinajstić information content (AvgIpc) is 2.77. The van der Waals surface area contributed by atoms with Crippen molar-refractivity contribution in [2.45, 2.75) is 29.8 Å². The first-order chi connectivity index (χ1) is 15.5. The van der Waals surface area contributed by atoms with E-state index in [1.54, 1.807) is 0 Å². The van der Waals surface area contributed by atoms with Gasteiger partial charge in [0.25, 0.3) is 4.92 Å². The van der Waals surface area contributed by atoms with E-state index < -0.39 is 48.3 Å². The normalized spacial score (nSPS) is 12.2. The lowest BCUT2D eigenvalue weighted by atomic mass is 10.1. The number of carboxylic acid groups (broad SMARTS) is 2. The van der Waals surface area contributed by atoms with Crippen molar-refractivity contribution in [3.05, 3.63) is 28.7 Å². The Balaban J connectivity index is 3.01. The fourth-order valence-corrected chi connectivity index (χ4v) is 3.38. The molecule has 2 atom stereocenters. The summed E-state index contributed by atoms with van der Waals surface area (Å²) in [6.07, 6.45) is -0.479. The quantitative estimate of drug-likeness (QED) is 0.134. The molecule has 1 aromatic carbocycles. The van der Waals surface area contributed by atoms with Gasteiger partial charge in [-0.15, -0.1) is 11.8 Å². The summed E-state index contributed by atoms with van der Waals surface area (Å²) in [6, 6.07) is 1.42. The Labute approximate surface area is 191 Å². The molecule has 15 heteroatoms. The van der Waals surface area contributed by atoms with E-state index >= 15 is 0 Å². The summed E-state index contributed by atoms with van der Waals surface area (Å²) in [5, 5.41) is 22.1. The number of nitrogens with one attached hydrogen (secondary N) is 2. The number of amides is 3. The van der Waals surface area contributed by atoms with Crippen LogP contribution in [0.4, 0.5) is 5.69 Å². The van der Waals surface area contributed by atoms with Gasteiger partial charge < -0.3 is 32.3 Å². The van der Waals surface area contributed by atoms with Crippen molar-refractivity contribution < 1.29 is 43.9 Å². The van der Waals surface area contributed by atoms with Crippen molar-refractivity contribution in [3.8, 4) is 0 Å². The molecule has 0 fully saturated rings. The fourth-order valence-electron chi connectivity index (χ4n) is 2.35. The van der Waals surface area contributed by atoms with E-state index in [2.05, 4.69) is 15.5 Å². The van der Waals surface area contributed by atoms with Gasteiger partial charge in [-0.3, -0.25) is 24.0 Å². The summed E-state index contributed by atoms with van der Waals surface area (Å²) in [5.74, 6) is -5.03. The highest BCUT2D eigenvalue weighted by atomic mass is 32.2. The lowest BCUT2D eigenvalue weighted by Gasteiger charge is -2.18. The molecule has 0 aliphatic carbocycles. The summed E-state index contributed by atoms with van der Waals surface area (Å²) in [5.41, 5.74) is 10.5. The molecular formula is C18H24N5O9S+. The number of benzene rings is 1. The number of aliphatic carboxylic acids is 2. The molecule has 0 saturated heterocycles. The third-order valence-electron chi connectivity index (χ3n) is 4.08. The van der Waals surface area contributed by atoms with E-state index in [1.165, 1.54) is 18.2 Å². The molecule has 0 heterocycles. The van der Waals surface area contributed by atoms with E-state index in [9.17, 15) is 28.9 Å². The first-order valence-electron chi connectivity index (χ1n) is 9.31. The molecule has 3 amide bonds. The van der Waals surface area contributed by atoms with E-state index in [-0.39, 0.29) is 39.7 Å². The SMILES string of the molecule is CO[N+](=O)c1cc(C(N)=O)ccc1SCC(NC(=O)CCC(N)C(=O)O)C(=O)NCC(=O)O. The number of carboxylic acids is 2. The molecule has 1 rings (SSSR count). The number of rotatable bonds is 14. The van der Waals surface area contributed by atoms with Gasteiger partial charge in [0.1, 0.15) is 18.6 Å². The van der Waals surface area contributed by atoms with E-state index in [0.717, 1.165) is 18.9 Å². The number of hydrogen-bond acceptors (Lipinski definition) is 9. The summed E-state index contributed by atoms with van der Waals surface area (Å²) in [7, 11) is 1.10. The molecule has 1 aromatic rings. The molecule has 0 radical (unpaired) electrons. The van der Waals surface area contributed by atoms with Gasteiger partial charge in [0.2, 0.25) is 17.7 Å². The van der Waals surface area contributed by atoms with Crippen LogP contribution >= 0.6 is 11.8 Å². The van der Waals surface area contributed by atoms with Gasteiger partial charge in [-0.05, 0) is 18.6 Å². The second-order valence-electron chi connectivity index (χ2n) is 6.51. The lowest BCUT2D eigenvalue weighted by molar-refractivity contribution is -0.738. The third-order valence-corrected chi connectivity index (χ3v) is 5.23. The largest absolute Gasteiger partial charge is 0.480 e. The smallest absolute Gasteiger partial charge is 0.330 e. The highest BCUT2D eigenvalue weighted by Crippen LogP contribution is 2.31. The Hall–Kier alpha value is -3.72. The van der Waals surface area contributed by atoms with Gasteiger partial charge in [-0.1, -0.05) is 0 Å². The molecule has 2 unspecified atom stereocenters. The minimum absolute atomic E-state index is 0.0334. The van der Waals surface area contributed by atoms with Crippen LogP contribution in [0.3, 0.4) is 0 Å². The van der Waals surface area contributed by atoms with Crippen molar-refractivity contribution >= 4 is 47.1 Å². The molecule has 0 aliphatic rings. The van der Waals surface area contributed by atoms with Gasteiger partial charge >= 0.3 is 17.6 Å². The first kappa shape index (κ1) is 27.3. The zero-order valence-electron chi connectivity index (χ0n) is 17.5. The standard InChI is InChI=1S/C18H23N5O9S/c1-32-23(31)12-6-9(16(20)27)2-4-13(12)33-8-11(17(28)21-7-15(25)26)22-14(24)5-3-10(19)18(29)30/h2,4,6,10-11H,3,5,7-8,19H2,1H3,(H5-,20,21,22,24,25,26,27,28,29,30)/p+1. The maximum Gasteiger partial charge on any atom is 0.330 e. The van der Waals surface area contributed by atoms with Crippen LogP contribution < -0.4 is 22.1 Å². The Morgan fingerprint density at radius 2 is 1.88 bits per heavy atom. The van der Waals surface area contributed by atoms with Crippen LogP contribution in [-0.2, 0) is 24.0 Å². The second kappa shape index (κ2) is 13.0. The number of hydrogen-bond donors (Lipinski definition) is 6. The average molecular weight is 486 g/mol. The molecule has 8 N–H and O–H groups in total. The van der Waals surface area contributed by atoms with Crippen LogP contribution in [-0.4, -0.2) is 76.3 Å². The van der Waals surface area contributed by atoms with Crippen molar-refractivity contribution in [3.63, 3.8) is 0 Å². The Morgan fingerprint density at radius 3 is 2.42 bits per heavy atom. The summed E-state index contributed by atoms with van der Waals surface area (Å²) in [4.78, 5) is 74.5. The van der Waals surface area contributed by atoms with Gasteiger partial charge in [0, 0.05) is 23.8 Å². The topological polar surface area (TPSA) is 231 Å². The van der Waals surface area contributed by atoms with Crippen molar-refractivity contribution in [2.75, 3.05) is 19.4 Å². The molecule has 0 aliphatic heterocycles. The minimum Gasteiger partial charge on any atom is -0.480 e. The van der Waals surface area contributed by atoms with Crippen molar-refractivity contribution in [1.82, 2.24) is 10.6 Å². The molecular weight excluding hydrogens is 462 g/mol. The molecule has 14 nitrogen and oxygen atoms in total. The number of nitrogens with two attached hydrogens (primary N) is 2. The van der Waals surface area contributed by atoms with E-state index in [4.69, 9.17) is 21.7 Å². The number of thioether (sulfide) groups is 1. The van der Waals surface area contributed by atoms with E-state index in [1.807, 2.05) is 0 Å². The monoisotopic (exact) mass is 486 g/mol.